The Hall–Kier alpha value is -1.07. The minimum absolute atomic E-state index is 0.116. The molecule has 1 N–H and O–H groups in total. The molecular formula is C14H23NO3S. The van der Waals surface area contributed by atoms with Crippen LogP contribution in [0.1, 0.15) is 26.7 Å². The summed E-state index contributed by atoms with van der Waals surface area (Å²) in [5, 5.41) is 3.17. The summed E-state index contributed by atoms with van der Waals surface area (Å²) in [5.41, 5.74) is 0.680. The number of hydrogen-bond acceptors (Lipinski definition) is 4. The maximum atomic E-state index is 11.9. The van der Waals surface area contributed by atoms with E-state index in [4.69, 9.17) is 4.74 Å². The predicted molar refractivity (Wildman–Crippen MR) is 78.4 cm³/mol. The first-order valence-corrected chi connectivity index (χ1v) is 8.40. The average Bonchev–Trinajstić information content (AvgIpc) is 2.43. The number of rotatable bonds is 9. The van der Waals surface area contributed by atoms with Gasteiger partial charge in [-0.05, 0) is 25.0 Å². The summed E-state index contributed by atoms with van der Waals surface area (Å²) >= 11 is 0. The van der Waals surface area contributed by atoms with Gasteiger partial charge in [0.15, 0.2) is 9.84 Å². The average molecular weight is 285 g/mol. The third-order valence-corrected chi connectivity index (χ3v) is 4.52. The van der Waals surface area contributed by atoms with Crippen molar-refractivity contribution >= 4 is 15.5 Å². The molecule has 0 unspecified atom stereocenters. The van der Waals surface area contributed by atoms with Gasteiger partial charge in [-0.1, -0.05) is 26.0 Å². The van der Waals surface area contributed by atoms with Crippen molar-refractivity contribution in [3.05, 3.63) is 24.3 Å². The van der Waals surface area contributed by atoms with Crippen LogP contribution in [-0.4, -0.2) is 33.9 Å². The Morgan fingerprint density at radius 3 is 2.58 bits per heavy atom. The molecular weight excluding hydrogens is 262 g/mol. The molecule has 0 heterocycles. The van der Waals surface area contributed by atoms with Gasteiger partial charge in [-0.3, -0.25) is 0 Å². The summed E-state index contributed by atoms with van der Waals surface area (Å²) in [6.07, 6.45) is 1.88. The quantitative estimate of drug-likeness (QED) is 0.709. The van der Waals surface area contributed by atoms with E-state index < -0.39 is 9.84 Å². The summed E-state index contributed by atoms with van der Waals surface area (Å²) in [5.74, 6) is 0.116. The largest absolute Gasteiger partial charge is 0.384 e. The van der Waals surface area contributed by atoms with Crippen LogP contribution in [0, 0.1) is 0 Å². The Labute approximate surface area is 116 Å². The maximum Gasteiger partial charge on any atom is 0.180 e. The molecule has 108 valence electrons. The zero-order valence-corrected chi connectivity index (χ0v) is 12.5. The molecule has 0 aliphatic carbocycles. The second-order valence-corrected chi connectivity index (χ2v) is 6.54. The zero-order chi connectivity index (χ0) is 14.1. The minimum atomic E-state index is -3.17. The topological polar surface area (TPSA) is 55.4 Å². The van der Waals surface area contributed by atoms with Crippen LogP contribution in [0.15, 0.2) is 29.2 Å². The van der Waals surface area contributed by atoms with Gasteiger partial charge in [0.25, 0.3) is 0 Å². The summed E-state index contributed by atoms with van der Waals surface area (Å²) in [4.78, 5) is 0.381. The van der Waals surface area contributed by atoms with Crippen molar-refractivity contribution in [1.29, 1.82) is 0 Å². The lowest BCUT2D eigenvalue weighted by molar-refractivity contribution is 0.134. The standard InChI is InChI=1S/C14H23NO3S/c1-3-11-18-12-7-10-15-13-8-5-6-9-14(13)19(16,17)4-2/h5-6,8-9,15H,3-4,7,10-12H2,1-2H3. The van der Waals surface area contributed by atoms with Crippen LogP contribution in [0.25, 0.3) is 0 Å². The van der Waals surface area contributed by atoms with Gasteiger partial charge < -0.3 is 10.1 Å². The lowest BCUT2D eigenvalue weighted by Crippen LogP contribution is -2.11. The van der Waals surface area contributed by atoms with Gasteiger partial charge in [0.2, 0.25) is 0 Å². The predicted octanol–water partition coefficient (Wildman–Crippen LogP) is 2.71. The van der Waals surface area contributed by atoms with Gasteiger partial charge in [0.05, 0.1) is 16.3 Å². The molecule has 0 bridgehead atoms. The maximum absolute atomic E-state index is 11.9. The number of sulfone groups is 1. The number of anilines is 1. The molecule has 0 radical (unpaired) electrons. The third-order valence-electron chi connectivity index (χ3n) is 2.73. The molecule has 19 heavy (non-hydrogen) atoms. The van der Waals surface area contributed by atoms with E-state index in [1.807, 2.05) is 6.07 Å². The van der Waals surface area contributed by atoms with Gasteiger partial charge in [0.1, 0.15) is 0 Å². The number of ether oxygens (including phenoxy) is 1. The molecule has 0 amide bonds. The van der Waals surface area contributed by atoms with Crippen LogP contribution in [0.2, 0.25) is 0 Å². The molecule has 1 aromatic carbocycles. The van der Waals surface area contributed by atoms with E-state index in [1.54, 1.807) is 25.1 Å². The van der Waals surface area contributed by atoms with E-state index in [2.05, 4.69) is 12.2 Å². The molecule has 0 fully saturated rings. The fourth-order valence-corrected chi connectivity index (χ4v) is 2.76. The van der Waals surface area contributed by atoms with Gasteiger partial charge in [-0.15, -0.1) is 0 Å². The minimum Gasteiger partial charge on any atom is -0.384 e. The van der Waals surface area contributed by atoms with Crippen molar-refractivity contribution in [3.63, 3.8) is 0 Å². The van der Waals surface area contributed by atoms with E-state index in [9.17, 15) is 8.42 Å². The number of para-hydroxylation sites is 1. The van der Waals surface area contributed by atoms with E-state index in [-0.39, 0.29) is 5.75 Å². The van der Waals surface area contributed by atoms with Crippen LogP contribution in [-0.2, 0) is 14.6 Å². The Bertz CT molecular complexity index is 471. The molecule has 0 aliphatic rings. The fourth-order valence-electron chi connectivity index (χ4n) is 1.68. The van der Waals surface area contributed by atoms with Gasteiger partial charge in [-0.2, -0.15) is 0 Å². The highest BCUT2D eigenvalue weighted by molar-refractivity contribution is 7.91. The van der Waals surface area contributed by atoms with Crippen LogP contribution in [0.4, 0.5) is 5.69 Å². The highest BCUT2D eigenvalue weighted by Gasteiger charge is 2.15. The summed E-state index contributed by atoms with van der Waals surface area (Å²) in [7, 11) is -3.17. The second kappa shape index (κ2) is 8.17. The first-order valence-electron chi connectivity index (χ1n) is 6.75. The van der Waals surface area contributed by atoms with E-state index >= 15 is 0 Å². The number of benzene rings is 1. The van der Waals surface area contributed by atoms with Crippen molar-refractivity contribution in [3.8, 4) is 0 Å². The van der Waals surface area contributed by atoms with E-state index in [1.165, 1.54) is 0 Å². The van der Waals surface area contributed by atoms with Crippen LogP contribution < -0.4 is 5.32 Å². The lowest BCUT2D eigenvalue weighted by Gasteiger charge is -2.11. The Balaban J connectivity index is 2.55. The highest BCUT2D eigenvalue weighted by Crippen LogP contribution is 2.21. The first kappa shape index (κ1) is 16.0. The fraction of sp³-hybridized carbons (Fsp3) is 0.571. The number of hydrogen-bond donors (Lipinski definition) is 1. The monoisotopic (exact) mass is 285 g/mol. The summed E-state index contributed by atoms with van der Waals surface area (Å²) < 4.78 is 29.2. The normalized spacial score (nSPS) is 11.5. The van der Waals surface area contributed by atoms with E-state index in [0.717, 1.165) is 19.4 Å². The second-order valence-electron chi connectivity index (χ2n) is 4.29. The van der Waals surface area contributed by atoms with Gasteiger partial charge in [0, 0.05) is 19.8 Å². The Morgan fingerprint density at radius 1 is 1.16 bits per heavy atom. The van der Waals surface area contributed by atoms with Gasteiger partial charge in [-0.25, -0.2) is 8.42 Å². The number of nitrogens with one attached hydrogen (secondary N) is 1. The molecule has 0 saturated carbocycles. The molecule has 0 saturated heterocycles. The van der Waals surface area contributed by atoms with Crippen LogP contribution in [0.3, 0.4) is 0 Å². The molecule has 1 rings (SSSR count). The van der Waals surface area contributed by atoms with Crippen LogP contribution in [0.5, 0.6) is 0 Å². The van der Waals surface area contributed by atoms with E-state index in [0.29, 0.717) is 23.7 Å². The molecule has 1 aromatic rings. The lowest BCUT2D eigenvalue weighted by atomic mass is 10.3. The summed E-state index contributed by atoms with van der Waals surface area (Å²) in [6.45, 7) is 5.92. The third kappa shape index (κ3) is 5.20. The molecule has 0 atom stereocenters. The van der Waals surface area contributed by atoms with Crippen molar-refractivity contribution in [2.45, 2.75) is 31.6 Å². The van der Waals surface area contributed by atoms with Crippen molar-refractivity contribution < 1.29 is 13.2 Å². The molecule has 0 aliphatic heterocycles. The van der Waals surface area contributed by atoms with Crippen LogP contribution >= 0.6 is 0 Å². The summed E-state index contributed by atoms with van der Waals surface area (Å²) in [6, 6.07) is 7.03. The highest BCUT2D eigenvalue weighted by atomic mass is 32.2. The molecule has 4 nitrogen and oxygen atoms in total. The Morgan fingerprint density at radius 2 is 1.89 bits per heavy atom. The van der Waals surface area contributed by atoms with Gasteiger partial charge >= 0.3 is 0 Å². The van der Waals surface area contributed by atoms with Crippen molar-refractivity contribution in [1.82, 2.24) is 0 Å². The first-order chi connectivity index (χ1) is 9.11. The van der Waals surface area contributed by atoms with Crippen molar-refractivity contribution in [2.75, 3.05) is 30.8 Å². The molecule has 0 aromatic heterocycles. The zero-order valence-electron chi connectivity index (χ0n) is 11.7. The molecule has 5 heteroatoms. The smallest absolute Gasteiger partial charge is 0.180 e. The van der Waals surface area contributed by atoms with Crippen molar-refractivity contribution in [2.24, 2.45) is 0 Å². The molecule has 0 spiro atoms. The Kier molecular flexibility index (Phi) is 6.87. The SMILES string of the molecule is CCCOCCCNc1ccccc1S(=O)(=O)CC.